The van der Waals surface area contributed by atoms with Crippen molar-refractivity contribution in [2.75, 3.05) is 0 Å². The van der Waals surface area contributed by atoms with Gasteiger partial charge < -0.3 is 0 Å². The van der Waals surface area contributed by atoms with Crippen LogP contribution in [0.2, 0.25) is 0 Å². The van der Waals surface area contributed by atoms with E-state index in [1.165, 1.54) is 0 Å². The molecule has 0 spiro atoms. The first-order chi connectivity index (χ1) is 5.61. The molecule has 3 nitrogen and oxygen atoms in total. The summed E-state index contributed by atoms with van der Waals surface area (Å²) in [5.74, 6) is -0.828. The molecule has 1 fully saturated rings. The quantitative estimate of drug-likeness (QED) is 0.505. The Balaban J connectivity index is 2.68. The van der Waals surface area contributed by atoms with Crippen molar-refractivity contribution in [3.05, 3.63) is 0 Å². The van der Waals surface area contributed by atoms with E-state index in [4.69, 9.17) is 0 Å². The zero-order chi connectivity index (χ0) is 9.14. The van der Waals surface area contributed by atoms with E-state index < -0.39 is 5.92 Å². The Morgan fingerprint density at radius 2 is 1.75 bits per heavy atom. The lowest BCUT2D eigenvalue weighted by molar-refractivity contribution is -0.135. The van der Waals surface area contributed by atoms with Crippen LogP contribution in [0.5, 0.6) is 0 Å². The predicted octanol–water partition coefficient (Wildman–Crippen LogP) is 0.904. The van der Waals surface area contributed by atoms with Crippen LogP contribution in [0.3, 0.4) is 0 Å². The summed E-state index contributed by atoms with van der Waals surface area (Å²) in [7, 11) is 0. The summed E-state index contributed by atoms with van der Waals surface area (Å²) in [4.78, 5) is 33.3. The van der Waals surface area contributed by atoms with Gasteiger partial charge in [0.15, 0.2) is 0 Å². The Bertz CT molecular complexity index is 230. The average Bonchev–Trinajstić information content (AvgIpc) is 2.01. The van der Waals surface area contributed by atoms with Crippen LogP contribution in [0.15, 0.2) is 0 Å². The van der Waals surface area contributed by atoms with Gasteiger partial charge in [0.25, 0.3) is 0 Å². The molecular weight excluding hydrogens is 156 g/mol. The van der Waals surface area contributed by atoms with Gasteiger partial charge >= 0.3 is 0 Å². The number of Topliss-reactive ketones (excluding diaryl/α,β-unsaturated/α-hetero) is 3. The van der Waals surface area contributed by atoms with E-state index in [9.17, 15) is 14.4 Å². The summed E-state index contributed by atoms with van der Waals surface area (Å²) in [5, 5.41) is 0. The summed E-state index contributed by atoms with van der Waals surface area (Å²) in [6, 6.07) is 0. The van der Waals surface area contributed by atoms with Crippen molar-refractivity contribution in [2.45, 2.75) is 32.6 Å². The average molecular weight is 168 g/mol. The largest absolute Gasteiger partial charge is 0.299 e. The van der Waals surface area contributed by atoms with Crippen molar-refractivity contribution in [1.82, 2.24) is 0 Å². The van der Waals surface area contributed by atoms with Crippen molar-refractivity contribution in [2.24, 2.45) is 5.92 Å². The van der Waals surface area contributed by atoms with Crippen molar-refractivity contribution in [3.8, 4) is 0 Å². The van der Waals surface area contributed by atoms with Crippen molar-refractivity contribution < 1.29 is 14.4 Å². The molecule has 66 valence electrons. The smallest absolute Gasteiger partial charge is 0.150 e. The van der Waals surface area contributed by atoms with Crippen LogP contribution in [-0.2, 0) is 14.4 Å². The molecule has 3 heteroatoms. The number of carbonyl (C=O) groups is 3. The van der Waals surface area contributed by atoms with Gasteiger partial charge in [0.1, 0.15) is 17.3 Å². The van der Waals surface area contributed by atoms with Crippen LogP contribution >= 0.6 is 0 Å². The SMILES string of the molecule is CC1C(=O)CCCC(=O)CC1=O. The molecule has 1 unspecified atom stereocenters. The fraction of sp³-hybridized carbons (Fsp3) is 0.667. The van der Waals surface area contributed by atoms with Gasteiger partial charge in [-0.1, -0.05) is 0 Å². The molecule has 0 saturated heterocycles. The second-order valence-corrected chi connectivity index (χ2v) is 3.22. The fourth-order valence-corrected chi connectivity index (χ4v) is 1.29. The molecule has 0 radical (unpaired) electrons. The van der Waals surface area contributed by atoms with E-state index in [0.717, 1.165) is 0 Å². The number of carbonyl (C=O) groups excluding carboxylic acids is 3. The zero-order valence-electron chi connectivity index (χ0n) is 7.13. The number of rotatable bonds is 0. The summed E-state index contributed by atoms with van der Waals surface area (Å²) >= 11 is 0. The lowest BCUT2D eigenvalue weighted by Gasteiger charge is -2.11. The van der Waals surface area contributed by atoms with Crippen molar-refractivity contribution >= 4 is 17.3 Å². The van der Waals surface area contributed by atoms with Gasteiger partial charge in [-0.2, -0.15) is 0 Å². The highest BCUT2D eigenvalue weighted by Crippen LogP contribution is 2.13. The molecule has 1 saturated carbocycles. The Hall–Kier alpha value is -0.990. The molecule has 0 heterocycles. The minimum atomic E-state index is -0.561. The molecule has 0 aliphatic heterocycles. The van der Waals surface area contributed by atoms with Gasteiger partial charge in [0.2, 0.25) is 0 Å². The van der Waals surface area contributed by atoms with E-state index >= 15 is 0 Å². The summed E-state index contributed by atoms with van der Waals surface area (Å²) in [6.07, 6.45) is 1.31. The molecule has 0 bridgehead atoms. The molecule has 1 rings (SSSR count). The topological polar surface area (TPSA) is 51.2 Å². The molecule has 1 aliphatic rings. The monoisotopic (exact) mass is 168 g/mol. The van der Waals surface area contributed by atoms with E-state index in [2.05, 4.69) is 0 Å². The maximum absolute atomic E-state index is 11.2. The van der Waals surface area contributed by atoms with Crippen molar-refractivity contribution in [1.29, 1.82) is 0 Å². The molecular formula is C9H12O3. The Kier molecular flexibility index (Phi) is 2.74. The molecule has 0 aromatic heterocycles. The third-order valence-corrected chi connectivity index (χ3v) is 2.22. The van der Waals surface area contributed by atoms with Gasteiger partial charge in [-0.05, 0) is 13.3 Å². The van der Waals surface area contributed by atoms with Crippen molar-refractivity contribution in [3.63, 3.8) is 0 Å². The van der Waals surface area contributed by atoms with Gasteiger partial charge in [-0.15, -0.1) is 0 Å². The van der Waals surface area contributed by atoms with Crippen LogP contribution in [0.1, 0.15) is 32.6 Å². The molecule has 1 atom stereocenters. The van der Waals surface area contributed by atoms with Gasteiger partial charge in [0, 0.05) is 12.8 Å². The highest BCUT2D eigenvalue weighted by atomic mass is 16.2. The standard InChI is InChI=1S/C9H12O3/c1-6-8(11)4-2-3-7(10)5-9(6)12/h6H,2-5H2,1H3. The van der Waals surface area contributed by atoms with Crippen LogP contribution in [0, 0.1) is 5.92 Å². The van der Waals surface area contributed by atoms with Gasteiger partial charge in [-0.25, -0.2) is 0 Å². The second kappa shape index (κ2) is 3.61. The zero-order valence-corrected chi connectivity index (χ0v) is 7.13. The van der Waals surface area contributed by atoms with Crippen LogP contribution in [0.25, 0.3) is 0 Å². The number of hydrogen-bond acceptors (Lipinski definition) is 3. The number of hydrogen-bond donors (Lipinski definition) is 0. The molecule has 0 aromatic carbocycles. The maximum atomic E-state index is 11.2. The van der Waals surface area contributed by atoms with E-state index in [-0.39, 0.29) is 23.8 Å². The second-order valence-electron chi connectivity index (χ2n) is 3.22. The molecule has 0 aromatic rings. The third-order valence-electron chi connectivity index (χ3n) is 2.22. The summed E-state index contributed by atoms with van der Waals surface area (Å²) < 4.78 is 0. The van der Waals surface area contributed by atoms with Crippen LogP contribution < -0.4 is 0 Å². The Morgan fingerprint density at radius 1 is 1.08 bits per heavy atom. The molecule has 1 aliphatic carbocycles. The van der Waals surface area contributed by atoms with E-state index in [1.54, 1.807) is 6.92 Å². The molecule has 0 amide bonds. The third kappa shape index (κ3) is 2.00. The first kappa shape index (κ1) is 9.10. The first-order valence-electron chi connectivity index (χ1n) is 4.18. The molecule has 0 N–H and O–H groups in total. The minimum absolute atomic E-state index is 0.0208. The lowest BCUT2D eigenvalue weighted by Crippen LogP contribution is -2.25. The van der Waals surface area contributed by atoms with E-state index in [0.29, 0.717) is 19.3 Å². The molecule has 12 heavy (non-hydrogen) atoms. The summed E-state index contributed by atoms with van der Waals surface area (Å²) in [6.45, 7) is 1.59. The van der Waals surface area contributed by atoms with Crippen LogP contribution in [0.4, 0.5) is 0 Å². The first-order valence-corrected chi connectivity index (χ1v) is 4.18. The fourth-order valence-electron chi connectivity index (χ4n) is 1.29. The highest BCUT2D eigenvalue weighted by molar-refractivity contribution is 6.10. The normalized spacial score (nSPS) is 26.8. The van der Waals surface area contributed by atoms with Gasteiger partial charge in [0.05, 0.1) is 12.3 Å². The van der Waals surface area contributed by atoms with Crippen LogP contribution in [-0.4, -0.2) is 17.3 Å². The Labute approximate surface area is 71.1 Å². The maximum Gasteiger partial charge on any atom is 0.150 e. The van der Waals surface area contributed by atoms with Gasteiger partial charge in [-0.3, -0.25) is 14.4 Å². The van der Waals surface area contributed by atoms with E-state index in [1.807, 2.05) is 0 Å². The minimum Gasteiger partial charge on any atom is -0.299 e. The number of ketones is 3. The summed E-state index contributed by atoms with van der Waals surface area (Å²) in [5.41, 5.74) is 0. The highest BCUT2D eigenvalue weighted by Gasteiger charge is 2.25. The Morgan fingerprint density at radius 3 is 2.42 bits per heavy atom. The predicted molar refractivity (Wildman–Crippen MR) is 42.7 cm³/mol. The lowest BCUT2D eigenvalue weighted by atomic mass is 9.90.